The standard InChI is InChI=1S/C11H12ClNO3/c1-7-4-2-3-5-8(7)10(16)11(12,13)6-9(14)15/h2-5H,6,13H2,1H3,(H,14,15). The van der Waals surface area contributed by atoms with Crippen molar-refractivity contribution in [2.24, 2.45) is 5.73 Å². The van der Waals surface area contributed by atoms with E-state index >= 15 is 0 Å². The van der Waals surface area contributed by atoms with E-state index in [0.717, 1.165) is 0 Å². The van der Waals surface area contributed by atoms with Crippen LogP contribution in [-0.2, 0) is 4.79 Å². The molecule has 4 nitrogen and oxygen atoms in total. The first kappa shape index (κ1) is 12.7. The maximum Gasteiger partial charge on any atom is 0.306 e. The topological polar surface area (TPSA) is 80.4 Å². The Labute approximate surface area is 98.0 Å². The van der Waals surface area contributed by atoms with Crippen molar-refractivity contribution in [1.82, 2.24) is 0 Å². The highest BCUT2D eigenvalue weighted by atomic mass is 35.5. The van der Waals surface area contributed by atoms with Crippen LogP contribution >= 0.6 is 11.6 Å². The Balaban J connectivity index is 3.02. The lowest BCUT2D eigenvalue weighted by Crippen LogP contribution is -2.44. The Morgan fingerprint density at radius 2 is 2.00 bits per heavy atom. The number of Topliss-reactive ketones (excluding diaryl/α,β-unsaturated/α-hetero) is 1. The third-order valence-corrected chi connectivity index (χ3v) is 2.48. The Bertz CT molecular complexity index is 429. The molecule has 1 aromatic rings. The Hall–Kier alpha value is -1.39. The summed E-state index contributed by atoms with van der Waals surface area (Å²) in [5, 5.41) is 8.60. The molecule has 0 spiro atoms. The summed E-state index contributed by atoms with van der Waals surface area (Å²) in [6, 6.07) is 6.76. The molecule has 0 amide bonds. The second kappa shape index (κ2) is 4.63. The molecule has 1 aromatic carbocycles. The number of ketones is 1. The molecule has 86 valence electrons. The van der Waals surface area contributed by atoms with Crippen molar-refractivity contribution in [1.29, 1.82) is 0 Å². The van der Waals surface area contributed by atoms with E-state index in [1.54, 1.807) is 31.2 Å². The van der Waals surface area contributed by atoms with Crippen molar-refractivity contribution in [3.63, 3.8) is 0 Å². The summed E-state index contributed by atoms with van der Waals surface area (Å²) < 4.78 is 0. The molecule has 3 N–H and O–H groups in total. The van der Waals surface area contributed by atoms with E-state index in [4.69, 9.17) is 22.4 Å². The first-order valence-corrected chi connectivity index (χ1v) is 5.02. The number of aliphatic carboxylic acids is 1. The lowest BCUT2D eigenvalue weighted by molar-refractivity contribution is -0.137. The first-order valence-electron chi connectivity index (χ1n) is 4.64. The largest absolute Gasteiger partial charge is 0.481 e. The Morgan fingerprint density at radius 1 is 1.44 bits per heavy atom. The number of nitrogens with two attached hydrogens (primary N) is 1. The van der Waals surface area contributed by atoms with Crippen LogP contribution in [0.1, 0.15) is 22.3 Å². The number of hydrogen-bond acceptors (Lipinski definition) is 3. The molecule has 1 unspecified atom stereocenters. The number of carboxylic acids is 1. The summed E-state index contributed by atoms with van der Waals surface area (Å²) in [6.07, 6.45) is -0.609. The lowest BCUT2D eigenvalue weighted by atomic mass is 9.98. The monoisotopic (exact) mass is 241 g/mol. The average molecular weight is 242 g/mol. The SMILES string of the molecule is Cc1ccccc1C(=O)C(N)(Cl)CC(=O)O. The number of hydrogen-bond donors (Lipinski definition) is 2. The summed E-state index contributed by atoms with van der Waals surface area (Å²) in [5.41, 5.74) is 6.56. The molecule has 1 atom stereocenters. The van der Waals surface area contributed by atoms with Gasteiger partial charge in [-0.3, -0.25) is 9.59 Å². The maximum atomic E-state index is 11.9. The zero-order chi connectivity index (χ0) is 12.3. The summed E-state index contributed by atoms with van der Waals surface area (Å²) in [5.74, 6) is -1.78. The number of carboxylic acid groups (broad SMARTS) is 1. The van der Waals surface area contributed by atoms with Gasteiger partial charge in [0, 0.05) is 5.56 Å². The first-order chi connectivity index (χ1) is 7.34. The minimum absolute atomic E-state index is 0.348. The molecule has 0 aliphatic heterocycles. The van der Waals surface area contributed by atoms with Crippen molar-refractivity contribution in [3.05, 3.63) is 35.4 Å². The van der Waals surface area contributed by atoms with Gasteiger partial charge in [-0.2, -0.15) is 0 Å². The molecule has 16 heavy (non-hydrogen) atoms. The van der Waals surface area contributed by atoms with Crippen LogP contribution in [0.2, 0.25) is 0 Å². The van der Waals surface area contributed by atoms with E-state index in [1.165, 1.54) is 0 Å². The predicted octanol–water partition coefficient (Wildman–Crippen LogP) is 1.55. The minimum atomic E-state index is -1.89. The maximum absolute atomic E-state index is 11.9. The van der Waals surface area contributed by atoms with Gasteiger partial charge in [-0.05, 0) is 12.5 Å². The zero-order valence-corrected chi connectivity index (χ0v) is 9.49. The quantitative estimate of drug-likeness (QED) is 0.476. The summed E-state index contributed by atoms with van der Waals surface area (Å²) in [6.45, 7) is 1.74. The van der Waals surface area contributed by atoms with Gasteiger partial charge >= 0.3 is 5.97 Å². The van der Waals surface area contributed by atoms with E-state index in [-0.39, 0.29) is 0 Å². The fourth-order valence-electron chi connectivity index (χ4n) is 1.35. The fourth-order valence-corrected chi connectivity index (χ4v) is 1.57. The minimum Gasteiger partial charge on any atom is -0.481 e. The third-order valence-electron chi connectivity index (χ3n) is 2.18. The van der Waals surface area contributed by atoms with E-state index in [9.17, 15) is 9.59 Å². The highest BCUT2D eigenvalue weighted by Gasteiger charge is 2.35. The number of halogens is 1. The van der Waals surface area contributed by atoms with Gasteiger partial charge in [0.25, 0.3) is 0 Å². The van der Waals surface area contributed by atoms with Crippen LogP contribution in [0.4, 0.5) is 0 Å². The van der Waals surface area contributed by atoms with Crippen LogP contribution in [0, 0.1) is 6.92 Å². The van der Waals surface area contributed by atoms with E-state index in [2.05, 4.69) is 0 Å². The van der Waals surface area contributed by atoms with Crippen LogP contribution in [0.25, 0.3) is 0 Å². The molecule has 1 rings (SSSR count). The average Bonchev–Trinajstić information content (AvgIpc) is 2.15. The molecular weight excluding hydrogens is 230 g/mol. The Morgan fingerprint density at radius 3 is 2.50 bits per heavy atom. The number of aryl methyl sites for hydroxylation is 1. The van der Waals surface area contributed by atoms with Crippen LogP contribution in [0.5, 0.6) is 0 Å². The van der Waals surface area contributed by atoms with Gasteiger partial charge in [0.1, 0.15) is 0 Å². The molecule has 0 aliphatic rings. The van der Waals surface area contributed by atoms with Gasteiger partial charge in [0.2, 0.25) is 0 Å². The molecule has 0 saturated heterocycles. The van der Waals surface area contributed by atoms with Crippen molar-refractivity contribution in [3.8, 4) is 0 Å². The smallest absolute Gasteiger partial charge is 0.306 e. The van der Waals surface area contributed by atoms with Crippen LogP contribution in [0.15, 0.2) is 24.3 Å². The number of carbonyl (C=O) groups excluding carboxylic acids is 1. The second-order valence-corrected chi connectivity index (χ2v) is 4.25. The summed E-state index contributed by atoms with van der Waals surface area (Å²) >= 11 is 5.74. The molecular formula is C11H12ClNO3. The van der Waals surface area contributed by atoms with Crippen molar-refractivity contribution >= 4 is 23.4 Å². The highest BCUT2D eigenvalue weighted by Crippen LogP contribution is 2.21. The summed E-state index contributed by atoms with van der Waals surface area (Å²) in [4.78, 5) is 20.5. The number of benzene rings is 1. The number of carbonyl (C=O) groups is 2. The van der Waals surface area contributed by atoms with E-state index < -0.39 is 23.2 Å². The van der Waals surface area contributed by atoms with Gasteiger partial charge in [0.15, 0.2) is 10.8 Å². The van der Waals surface area contributed by atoms with Gasteiger partial charge < -0.3 is 10.8 Å². The Kier molecular flexibility index (Phi) is 3.67. The normalized spacial score (nSPS) is 14.2. The molecule has 0 aliphatic carbocycles. The molecule has 0 radical (unpaired) electrons. The van der Waals surface area contributed by atoms with Crippen molar-refractivity contribution < 1.29 is 14.7 Å². The van der Waals surface area contributed by atoms with Crippen LogP contribution in [-0.4, -0.2) is 21.9 Å². The van der Waals surface area contributed by atoms with Crippen LogP contribution < -0.4 is 5.73 Å². The fraction of sp³-hybridized carbons (Fsp3) is 0.273. The number of rotatable bonds is 4. The van der Waals surface area contributed by atoms with Gasteiger partial charge in [-0.25, -0.2) is 0 Å². The molecule has 0 fully saturated rings. The van der Waals surface area contributed by atoms with Crippen molar-refractivity contribution in [2.45, 2.75) is 18.3 Å². The van der Waals surface area contributed by atoms with E-state index in [0.29, 0.717) is 11.1 Å². The second-order valence-electron chi connectivity index (χ2n) is 3.58. The third kappa shape index (κ3) is 2.81. The van der Waals surface area contributed by atoms with E-state index in [1.807, 2.05) is 0 Å². The van der Waals surface area contributed by atoms with Gasteiger partial charge in [-0.1, -0.05) is 35.9 Å². The van der Waals surface area contributed by atoms with Gasteiger partial charge in [0.05, 0.1) is 6.42 Å². The molecule has 0 saturated carbocycles. The highest BCUT2D eigenvalue weighted by molar-refractivity contribution is 6.38. The van der Waals surface area contributed by atoms with Gasteiger partial charge in [-0.15, -0.1) is 0 Å². The number of alkyl halides is 1. The molecule has 0 bridgehead atoms. The van der Waals surface area contributed by atoms with Crippen LogP contribution in [0.3, 0.4) is 0 Å². The van der Waals surface area contributed by atoms with Crippen molar-refractivity contribution in [2.75, 3.05) is 0 Å². The zero-order valence-electron chi connectivity index (χ0n) is 8.74. The summed E-state index contributed by atoms with van der Waals surface area (Å²) in [7, 11) is 0. The lowest BCUT2D eigenvalue weighted by Gasteiger charge is -2.19. The molecule has 0 aromatic heterocycles. The predicted molar refractivity (Wildman–Crippen MR) is 60.5 cm³/mol. The molecule has 0 heterocycles. The molecule has 5 heteroatoms.